The van der Waals surface area contributed by atoms with E-state index in [1.165, 1.54) is 32.1 Å². The van der Waals surface area contributed by atoms with Crippen molar-refractivity contribution >= 4 is 21.8 Å². The average Bonchev–Trinajstić information content (AvgIpc) is 2.88. The first-order valence-corrected chi connectivity index (χ1v) is 7.59. The van der Waals surface area contributed by atoms with Gasteiger partial charge in [-0.3, -0.25) is 4.79 Å². The molecule has 0 bridgehead atoms. The molecule has 0 heterocycles. The Morgan fingerprint density at radius 1 is 1.22 bits per heavy atom. The summed E-state index contributed by atoms with van der Waals surface area (Å²) in [6, 6.07) is 7.48. The van der Waals surface area contributed by atoms with Gasteiger partial charge in [0.2, 0.25) is 0 Å². The number of carbonyl (C=O) groups excluding carboxylic acids is 1. The summed E-state index contributed by atoms with van der Waals surface area (Å²) in [5.74, 6) is 0.948. The Kier molecular flexibility index (Phi) is 5.24. The van der Waals surface area contributed by atoms with Crippen LogP contribution in [0.5, 0.6) is 0 Å². The van der Waals surface area contributed by atoms with E-state index in [2.05, 4.69) is 21.2 Å². The Morgan fingerprint density at radius 2 is 1.89 bits per heavy atom. The molecule has 1 amide bonds. The second-order valence-corrected chi connectivity index (χ2v) is 5.97. The quantitative estimate of drug-likeness (QED) is 0.813. The van der Waals surface area contributed by atoms with Gasteiger partial charge in [-0.2, -0.15) is 0 Å². The molecule has 0 atom stereocenters. The maximum atomic E-state index is 11.8. The first-order chi connectivity index (χ1) is 8.75. The van der Waals surface area contributed by atoms with Gasteiger partial charge in [-0.25, -0.2) is 0 Å². The van der Waals surface area contributed by atoms with Gasteiger partial charge in [0, 0.05) is 16.6 Å². The molecule has 1 aliphatic rings. The summed E-state index contributed by atoms with van der Waals surface area (Å²) in [7, 11) is 0. The van der Waals surface area contributed by atoms with E-state index in [0.717, 1.165) is 28.9 Å². The summed E-state index contributed by atoms with van der Waals surface area (Å²) in [6.45, 7) is 0.797. The topological polar surface area (TPSA) is 29.1 Å². The summed E-state index contributed by atoms with van der Waals surface area (Å²) in [5, 5.41) is 2.99. The number of amides is 1. The lowest BCUT2D eigenvalue weighted by Gasteiger charge is -2.09. The fraction of sp³-hybridized carbons (Fsp3) is 0.533. The number of nitrogens with one attached hydrogen (secondary N) is 1. The van der Waals surface area contributed by atoms with Gasteiger partial charge >= 0.3 is 0 Å². The van der Waals surface area contributed by atoms with Crippen LogP contribution in [0.2, 0.25) is 0 Å². The van der Waals surface area contributed by atoms with Gasteiger partial charge in [0.1, 0.15) is 0 Å². The van der Waals surface area contributed by atoms with E-state index in [9.17, 15) is 4.79 Å². The van der Waals surface area contributed by atoms with Gasteiger partial charge in [0.15, 0.2) is 0 Å². The molecule has 2 nitrogen and oxygen atoms in total. The van der Waals surface area contributed by atoms with Gasteiger partial charge in [-0.05, 0) is 43.0 Å². The second kappa shape index (κ2) is 6.93. The van der Waals surface area contributed by atoms with Gasteiger partial charge in [0.25, 0.3) is 5.91 Å². The Balaban J connectivity index is 1.66. The zero-order valence-corrected chi connectivity index (χ0v) is 12.2. The van der Waals surface area contributed by atoms with Gasteiger partial charge in [-0.1, -0.05) is 41.6 Å². The summed E-state index contributed by atoms with van der Waals surface area (Å²) < 4.78 is 1.00. The third-order valence-electron chi connectivity index (χ3n) is 3.66. The number of halogens is 1. The fourth-order valence-corrected chi connectivity index (χ4v) is 2.86. The summed E-state index contributed by atoms with van der Waals surface area (Å²) >= 11 is 3.36. The molecule has 1 saturated carbocycles. The molecule has 1 aliphatic carbocycles. The van der Waals surface area contributed by atoms with Crippen molar-refractivity contribution in [3.8, 4) is 0 Å². The van der Waals surface area contributed by atoms with Crippen LogP contribution in [0.15, 0.2) is 28.7 Å². The first kappa shape index (κ1) is 13.6. The maximum absolute atomic E-state index is 11.8. The summed E-state index contributed by atoms with van der Waals surface area (Å²) in [6.07, 6.45) is 7.95. The Hall–Kier alpha value is -0.830. The van der Waals surface area contributed by atoms with Crippen LogP contribution in [0.25, 0.3) is 0 Å². The lowest BCUT2D eigenvalue weighted by atomic mass is 10.0. The highest BCUT2D eigenvalue weighted by molar-refractivity contribution is 9.10. The van der Waals surface area contributed by atoms with Crippen LogP contribution in [0.1, 0.15) is 48.9 Å². The van der Waals surface area contributed by atoms with E-state index in [1.807, 2.05) is 24.3 Å². The van der Waals surface area contributed by atoms with Crippen LogP contribution in [-0.4, -0.2) is 12.5 Å². The molecule has 0 spiro atoms. The molecule has 1 N–H and O–H groups in total. The van der Waals surface area contributed by atoms with Crippen molar-refractivity contribution < 1.29 is 4.79 Å². The van der Waals surface area contributed by atoms with Crippen molar-refractivity contribution in [3.05, 3.63) is 34.3 Å². The minimum atomic E-state index is 0.0360. The largest absolute Gasteiger partial charge is 0.352 e. The van der Waals surface area contributed by atoms with E-state index < -0.39 is 0 Å². The van der Waals surface area contributed by atoms with E-state index >= 15 is 0 Å². The van der Waals surface area contributed by atoms with Crippen molar-refractivity contribution in [2.24, 2.45) is 5.92 Å². The van der Waals surface area contributed by atoms with Crippen LogP contribution < -0.4 is 5.32 Å². The molecule has 2 rings (SSSR count). The minimum Gasteiger partial charge on any atom is -0.352 e. The van der Waals surface area contributed by atoms with Crippen LogP contribution in [-0.2, 0) is 0 Å². The number of benzene rings is 1. The molecule has 0 aromatic heterocycles. The highest BCUT2D eigenvalue weighted by Crippen LogP contribution is 2.28. The van der Waals surface area contributed by atoms with E-state index in [4.69, 9.17) is 0 Å². The highest BCUT2D eigenvalue weighted by atomic mass is 79.9. The van der Waals surface area contributed by atoms with Gasteiger partial charge < -0.3 is 5.32 Å². The molecule has 1 fully saturated rings. The van der Waals surface area contributed by atoms with Gasteiger partial charge in [-0.15, -0.1) is 0 Å². The van der Waals surface area contributed by atoms with Crippen LogP contribution >= 0.6 is 15.9 Å². The van der Waals surface area contributed by atoms with E-state index in [0.29, 0.717) is 0 Å². The molecular formula is C15H20BrNO. The van der Waals surface area contributed by atoms with Crippen LogP contribution in [0, 0.1) is 5.92 Å². The lowest BCUT2D eigenvalue weighted by Crippen LogP contribution is -2.24. The van der Waals surface area contributed by atoms with Crippen LogP contribution in [0.4, 0.5) is 0 Å². The molecule has 1 aromatic carbocycles. The zero-order chi connectivity index (χ0) is 12.8. The summed E-state index contributed by atoms with van der Waals surface area (Å²) in [5.41, 5.74) is 0.735. The Bertz CT molecular complexity index is 382. The number of hydrogen-bond donors (Lipinski definition) is 1. The van der Waals surface area contributed by atoms with Crippen molar-refractivity contribution in [2.45, 2.75) is 38.5 Å². The standard InChI is InChI=1S/C15H20BrNO/c16-14-9-7-13(8-10-14)15(18)17-11-3-6-12-4-1-2-5-12/h7-10,12H,1-6,11H2,(H,17,18). The Labute approximate surface area is 117 Å². The molecule has 3 heteroatoms. The second-order valence-electron chi connectivity index (χ2n) is 5.06. The highest BCUT2D eigenvalue weighted by Gasteiger charge is 2.14. The normalized spacial score (nSPS) is 15.8. The van der Waals surface area contributed by atoms with E-state index in [-0.39, 0.29) is 5.91 Å². The average molecular weight is 310 g/mol. The van der Waals surface area contributed by atoms with Crippen LogP contribution in [0.3, 0.4) is 0 Å². The third-order valence-corrected chi connectivity index (χ3v) is 4.18. The van der Waals surface area contributed by atoms with Crippen molar-refractivity contribution in [2.75, 3.05) is 6.54 Å². The number of hydrogen-bond acceptors (Lipinski definition) is 1. The predicted octanol–water partition coefficient (Wildman–Crippen LogP) is 4.15. The molecule has 0 saturated heterocycles. The lowest BCUT2D eigenvalue weighted by molar-refractivity contribution is 0.0952. The molecule has 0 radical (unpaired) electrons. The molecule has 1 aromatic rings. The maximum Gasteiger partial charge on any atom is 0.251 e. The number of rotatable bonds is 5. The number of carbonyl (C=O) groups is 1. The smallest absolute Gasteiger partial charge is 0.251 e. The first-order valence-electron chi connectivity index (χ1n) is 6.79. The van der Waals surface area contributed by atoms with Crippen molar-refractivity contribution in [1.82, 2.24) is 5.32 Å². The zero-order valence-electron chi connectivity index (χ0n) is 10.6. The third kappa shape index (κ3) is 4.13. The fourth-order valence-electron chi connectivity index (χ4n) is 2.60. The predicted molar refractivity (Wildman–Crippen MR) is 77.7 cm³/mol. The SMILES string of the molecule is O=C(NCCCC1CCCC1)c1ccc(Br)cc1. The molecule has 18 heavy (non-hydrogen) atoms. The monoisotopic (exact) mass is 309 g/mol. The molecule has 98 valence electrons. The molecule has 0 unspecified atom stereocenters. The van der Waals surface area contributed by atoms with Crippen molar-refractivity contribution in [1.29, 1.82) is 0 Å². The minimum absolute atomic E-state index is 0.0360. The van der Waals surface area contributed by atoms with Crippen molar-refractivity contribution in [3.63, 3.8) is 0 Å². The Morgan fingerprint density at radius 3 is 2.56 bits per heavy atom. The molecular weight excluding hydrogens is 290 g/mol. The molecule has 0 aliphatic heterocycles. The van der Waals surface area contributed by atoms with Gasteiger partial charge in [0.05, 0.1) is 0 Å². The van der Waals surface area contributed by atoms with E-state index in [1.54, 1.807) is 0 Å². The summed E-state index contributed by atoms with van der Waals surface area (Å²) in [4.78, 5) is 11.8.